The maximum Gasteiger partial charge on any atom is 0.341 e. The van der Waals surface area contributed by atoms with E-state index in [9.17, 15) is 9.59 Å². The van der Waals surface area contributed by atoms with Gasteiger partial charge in [0.15, 0.2) is 0 Å². The van der Waals surface area contributed by atoms with Crippen molar-refractivity contribution in [2.45, 2.75) is 33.2 Å². The molecule has 3 rings (SSSR count). The summed E-state index contributed by atoms with van der Waals surface area (Å²) < 4.78 is 5.03. The molecular formula is C19H21N5O3S. The van der Waals surface area contributed by atoms with Crippen molar-refractivity contribution in [3.63, 3.8) is 0 Å². The molecule has 1 amide bonds. The summed E-state index contributed by atoms with van der Waals surface area (Å²) in [7, 11) is 0. The van der Waals surface area contributed by atoms with Crippen molar-refractivity contribution >= 4 is 28.2 Å². The normalized spacial score (nSPS) is 10.6. The second-order valence-corrected chi connectivity index (χ2v) is 7.30. The highest BCUT2D eigenvalue weighted by Crippen LogP contribution is 2.28. The molecule has 0 atom stereocenters. The number of hydrogen-bond acceptors (Lipinski definition) is 7. The SMILES string of the molecule is CCOC(=O)c1cc(C)sc1NC(=O)CCCn1nnc(-c2ccccc2)n1. The van der Waals surface area contributed by atoms with Crippen molar-refractivity contribution in [1.82, 2.24) is 20.2 Å². The number of hydrogen-bond donors (Lipinski definition) is 1. The van der Waals surface area contributed by atoms with Crippen LogP contribution in [0.15, 0.2) is 36.4 Å². The number of nitrogens with zero attached hydrogens (tertiary/aromatic N) is 4. The molecule has 0 aliphatic carbocycles. The maximum absolute atomic E-state index is 12.2. The van der Waals surface area contributed by atoms with E-state index in [1.54, 1.807) is 13.0 Å². The van der Waals surface area contributed by atoms with Crippen LogP contribution in [0.4, 0.5) is 5.00 Å². The van der Waals surface area contributed by atoms with E-state index in [1.807, 2.05) is 37.3 Å². The molecule has 0 saturated heterocycles. The minimum atomic E-state index is -0.428. The van der Waals surface area contributed by atoms with Crippen LogP contribution < -0.4 is 5.32 Å². The third-order valence-corrected chi connectivity index (χ3v) is 4.82. The summed E-state index contributed by atoms with van der Waals surface area (Å²) in [5.74, 6) is -0.0450. The summed E-state index contributed by atoms with van der Waals surface area (Å²) in [4.78, 5) is 26.6. The summed E-state index contributed by atoms with van der Waals surface area (Å²) in [6, 6.07) is 11.3. The van der Waals surface area contributed by atoms with Gasteiger partial charge in [-0.25, -0.2) is 4.79 Å². The highest BCUT2D eigenvalue weighted by atomic mass is 32.1. The number of ether oxygens (including phenoxy) is 1. The van der Waals surface area contributed by atoms with Gasteiger partial charge in [0.2, 0.25) is 11.7 Å². The van der Waals surface area contributed by atoms with Crippen molar-refractivity contribution in [3.8, 4) is 11.4 Å². The van der Waals surface area contributed by atoms with Gasteiger partial charge in [-0.05, 0) is 31.5 Å². The smallest absolute Gasteiger partial charge is 0.341 e. The van der Waals surface area contributed by atoms with Gasteiger partial charge in [-0.1, -0.05) is 30.3 Å². The van der Waals surface area contributed by atoms with Gasteiger partial charge >= 0.3 is 5.97 Å². The van der Waals surface area contributed by atoms with Crippen LogP contribution in [0.5, 0.6) is 0 Å². The molecule has 1 aromatic carbocycles. The molecule has 0 saturated carbocycles. The van der Waals surface area contributed by atoms with Gasteiger partial charge in [-0.2, -0.15) is 4.80 Å². The predicted molar refractivity (Wildman–Crippen MR) is 106 cm³/mol. The number of amides is 1. The molecule has 1 N–H and O–H groups in total. The molecule has 0 spiro atoms. The maximum atomic E-state index is 12.2. The van der Waals surface area contributed by atoms with E-state index in [2.05, 4.69) is 20.7 Å². The van der Waals surface area contributed by atoms with E-state index in [1.165, 1.54) is 16.1 Å². The number of anilines is 1. The number of carbonyl (C=O) groups excluding carboxylic acids is 2. The summed E-state index contributed by atoms with van der Waals surface area (Å²) >= 11 is 1.35. The Hall–Kier alpha value is -3.07. The number of benzene rings is 1. The molecule has 0 fully saturated rings. The van der Waals surface area contributed by atoms with E-state index in [4.69, 9.17) is 4.74 Å². The van der Waals surface area contributed by atoms with Crippen LogP contribution in [-0.4, -0.2) is 38.7 Å². The fraction of sp³-hybridized carbons (Fsp3) is 0.316. The van der Waals surface area contributed by atoms with E-state index < -0.39 is 5.97 Å². The Bertz CT molecular complexity index is 952. The number of esters is 1. The summed E-state index contributed by atoms with van der Waals surface area (Å²) in [6.45, 7) is 4.39. The van der Waals surface area contributed by atoms with Gasteiger partial charge in [0.25, 0.3) is 0 Å². The van der Waals surface area contributed by atoms with Crippen LogP contribution >= 0.6 is 11.3 Å². The van der Waals surface area contributed by atoms with Gasteiger partial charge in [0.1, 0.15) is 5.00 Å². The average molecular weight is 399 g/mol. The first kappa shape index (κ1) is 19.7. The Morgan fingerprint density at radius 3 is 2.79 bits per heavy atom. The van der Waals surface area contributed by atoms with Gasteiger partial charge < -0.3 is 10.1 Å². The molecular weight excluding hydrogens is 378 g/mol. The Morgan fingerprint density at radius 1 is 1.25 bits per heavy atom. The third-order valence-electron chi connectivity index (χ3n) is 3.85. The number of thiophene rings is 1. The fourth-order valence-corrected chi connectivity index (χ4v) is 3.49. The van der Waals surface area contributed by atoms with Gasteiger partial charge in [-0.3, -0.25) is 4.79 Å². The number of tetrazole rings is 1. The summed E-state index contributed by atoms with van der Waals surface area (Å²) in [5, 5.41) is 15.7. The van der Waals surface area contributed by atoms with E-state index in [0.29, 0.717) is 29.4 Å². The largest absolute Gasteiger partial charge is 0.462 e. The molecule has 9 heteroatoms. The molecule has 0 unspecified atom stereocenters. The molecule has 3 aromatic rings. The monoisotopic (exact) mass is 399 g/mol. The van der Waals surface area contributed by atoms with Crippen LogP contribution in [0.1, 0.15) is 35.0 Å². The second kappa shape index (κ2) is 9.23. The molecule has 0 radical (unpaired) electrons. The lowest BCUT2D eigenvalue weighted by molar-refractivity contribution is -0.116. The first-order valence-electron chi connectivity index (χ1n) is 8.97. The topological polar surface area (TPSA) is 99.0 Å². The average Bonchev–Trinajstić information content (AvgIpc) is 3.29. The van der Waals surface area contributed by atoms with Crippen molar-refractivity contribution in [2.24, 2.45) is 0 Å². The third kappa shape index (κ3) is 5.01. The highest BCUT2D eigenvalue weighted by Gasteiger charge is 2.17. The minimum absolute atomic E-state index is 0.171. The van der Waals surface area contributed by atoms with Gasteiger partial charge in [0.05, 0.1) is 18.7 Å². The lowest BCUT2D eigenvalue weighted by Gasteiger charge is -2.06. The highest BCUT2D eigenvalue weighted by molar-refractivity contribution is 7.16. The molecule has 2 aromatic heterocycles. The van der Waals surface area contributed by atoms with Crippen molar-refractivity contribution in [3.05, 3.63) is 46.8 Å². The Morgan fingerprint density at radius 2 is 2.04 bits per heavy atom. The molecule has 0 aliphatic rings. The molecule has 146 valence electrons. The first-order chi connectivity index (χ1) is 13.6. The van der Waals surface area contributed by atoms with E-state index >= 15 is 0 Å². The number of rotatable bonds is 8. The van der Waals surface area contributed by atoms with E-state index in [0.717, 1.165) is 10.4 Å². The molecule has 2 heterocycles. The first-order valence-corrected chi connectivity index (χ1v) is 9.79. The fourth-order valence-electron chi connectivity index (χ4n) is 2.58. The van der Waals surface area contributed by atoms with Crippen LogP contribution in [0.25, 0.3) is 11.4 Å². The zero-order valence-electron chi connectivity index (χ0n) is 15.7. The Balaban J connectivity index is 1.52. The minimum Gasteiger partial charge on any atom is -0.462 e. The standard InChI is InChI=1S/C19H21N5O3S/c1-3-27-19(26)15-12-13(2)28-18(15)20-16(25)10-7-11-24-22-17(21-23-24)14-8-5-4-6-9-14/h4-6,8-9,12H,3,7,10-11H2,1-2H3,(H,20,25). The Labute approximate surface area is 166 Å². The quantitative estimate of drug-likeness (QED) is 0.584. The molecule has 28 heavy (non-hydrogen) atoms. The van der Waals surface area contributed by atoms with Crippen LogP contribution in [0.2, 0.25) is 0 Å². The van der Waals surface area contributed by atoms with Gasteiger partial charge in [-0.15, -0.1) is 21.5 Å². The molecule has 8 nitrogen and oxygen atoms in total. The number of aromatic nitrogens is 4. The van der Waals surface area contributed by atoms with Crippen LogP contribution in [-0.2, 0) is 16.1 Å². The summed E-state index contributed by atoms with van der Waals surface area (Å²) in [5.41, 5.74) is 1.29. The Kier molecular flexibility index (Phi) is 6.49. The van der Waals surface area contributed by atoms with Crippen LogP contribution in [0, 0.1) is 6.92 Å². The zero-order chi connectivity index (χ0) is 19.9. The predicted octanol–water partition coefficient (Wildman–Crippen LogP) is 3.31. The lowest BCUT2D eigenvalue weighted by Crippen LogP contribution is -2.15. The van der Waals surface area contributed by atoms with E-state index in [-0.39, 0.29) is 18.9 Å². The van der Waals surface area contributed by atoms with Crippen molar-refractivity contribution in [2.75, 3.05) is 11.9 Å². The van der Waals surface area contributed by atoms with Crippen molar-refractivity contribution in [1.29, 1.82) is 0 Å². The van der Waals surface area contributed by atoms with Gasteiger partial charge in [0, 0.05) is 16.9 Å². The zero-order valence-corrected chi connectivity index (χ0v) is 16.5. The molecule has 0 bridgehead atoms. The number of nitrogens with one attached hydrogen (secondary N) is 1. The second-order valence-electron chi connectivity index (χ2n) is 6.05. The molecule has 0 aliphatic heterocycles. The lowest BCUT2D eigenvalue weighted by atomic mass is 10.2. The van der Waals surface area contributed by atoms with Crippen LogP contribution in [0.3, 0.4) is 0 Å². The summed E-state index contributed by atoms with van der Waals surface area (Å²) in [6.07, 6.45) is 0.830. The van der Waals surface area contributed by atoms with Crippen molar-refractivity contribution < 1.29 is 14.3 Å². The number of carbonyl (C=O) groups is 2. The number of aryl methyl sites for hydroxylation is 2.